The van der Waals surface area contributed by atoms with Crippen molar-refractivity contribution in [3.63, 3.8) is 0 Å². The molecule has 4 N–H and O–H groups in total. The Kier molecular flexibility index (Phi) is 8.22. The number of thiocarbonyl (C=S) groups is 1. The van der Waals surface area contributed by atoms with E-state index in [-0.39, 0.29) is 11.2 Å². The van der Waals surface area contributed by atoms with E-state index in [2.05, 4.69) is 17.9 Å². The predicted molar refractivity (Wildman–Crippen MR) is 86.1 cm³/mol. The normalized spacial score (nSPS) is 28.8. The maximum Gasteiger partial charge on any atom is 0.490 e. The number of methoxy groups -OCH3 is 1. The molecule has 1 saturated heterocycles. The maximum atomic E-state index is 11.6. The molecule has 0 spiro atoms. The molecule has 18 heteroatoms. The van der Waals surface area contributed by atoms with Gasteiger partial charge in [-0.3, -0.25) is 4.52 Å². The van der Waals surface area contributed by atoms with Crippen molar-refractivity contribution in [1.29, 1.82) is 0 Å². The standard InChI is InChI=1S/C7H16BO13P3S/c1-16-7(25)19-4-2-6(8)18-5(4)3-17-23(12,13)21-24(14,15)20-22(9,10)11/h4-6H,2-3,8H2,1H3,(H,12,13)(H,14,15)(H2,9,10,11). The molecule has 0 aromatic heterocycles. The van der Waals surface area contributed by atoms with Crippen LogP contribution in [-0.2, 0) is 41.1 Å². The summed E-state index contributed by atoms with van der Waals surface area (Å²) in [6, 6.07) is -0.306. The van der Waals surface area contributed by atoms with Crippen molar-refractivity contribution >= 4 is 48.8 Å². The number of phosphoric ester groups is 1. The average molecular weight is 444 g/mol. The molecule has 1 aliphatic heterocycles. The molecule has 5 atom stereocenters. The third-order valence-corrected chi connectivity index (χ3v) is 6.68. The van der Waals surface area contributed by atoms with Crippen molar-refractivity contribution in [3.05, 3.63) is 0 Å². The molecule has 146 valence electrons. The Bertz CT molecular complexity index is 623. The molecule has 0 bridgehead atoms. The summed E-state index contributed by atoms with van der Waals surface area (Å²) in [5.41, 5.74) is 0. The zero-order chi connectivity index (χ0) is 19.5. The summed E-state index contributed by atoms with van der Waals surface area (Å²) in [7, 11) is -13.3. The second kappa shape index (κ2) is 8.88. The Morgan fingerprint density at radius 2 is 1.80 bits per heavy atom. The Morgan fingerprint density at radius 3 is 2.32 bits per heavy atom. The van der Waals surface area contributed by atoms with Crippen LogP contribution in [0.1, 0.15) is 6.42 Å². The van der Waals surface area contributed by atoms with Gasteiger partial charge in [0.25, 0.3) is 0 Å². The quantitative estimate of drug-likeness (QED) is 0.211. The van der Waals surface area contributed by atoms with E-state index in [1.807, 2.05) is 0 Å². The van der Waals surface area contributed by atoms with E-state index in [9.17, 15) is 18.6 Å². The number of hydrogen-bond acceptors (Lipinski definition) is 10. The fourth-order valence-electron chi connectivity index (χ4n) is 1.83. The van der Waals surface area contributed by atoms with Gasteiger partial charge in [-0.15, -0.1) is 0 Å². The zero-order valence-corrected chi connectivity index (χ0v) is 16.4. The van der Waals surface area contributed by atoms with Crippen LogP contribution in [0.15, 0.2) is 0 Å². The molecular weight excluding hydrogens is 428 g/mol. The molecule has 0 aromatic rings. The molecule has 5 unspecified atom stereocenters. The molecule has 0 aromatic carbocycles. The van der Waals surface area contributed by atoms with Crippen LogP contribution >= 0.6 is 35.7 Å². The molecule has 1 fully saturated rings. The molecule has 0 aliphatic carbocycles. The van der Waals surface area contributed by atoms with Crippen LogP contribution in [0.5, 0.6) is 0 Å². The zero-order valence-electron chi connectivity index (χ0n) is 12.9. The monoisotopic (exact) mass is 444 g/mol. The molecule has 25 heavy (non-hydrogen) atoms. The number of rotatable bonds is 8. The minimum Gasteiger partial charge on any atom is -0.460 e. The van der Waals surface area contributed by atoms with E-state index < -0.39 is 42.3 Å². The molecule has 0 saturated carbocycles. The van der Waals surface area contributed by atoms with E-state index >= 15 is 0 Å². The summed E-state index contributed by atoms with van der Waals surface area (Å²) < 4.78 is 60.3. The molecule has 1 heterocycles. The van der Waals surface area contributed by atoms with Gasteiger partial charge in [0, 0.05) is 24.6 Å². The van der Waals surface area contributed by atoms with E-state index in [1.54, 1.807) is 7.85 Å². The summed E-state index contributed by atoms with van der Waals surface area (Å²) in [6.07, 6.45) is -1.23. The van der Waals surface area contributed by atoms with Crippen LogP contribution in [0.2, 0.25) is 0 Å². The highest BCUT2D eigenvalue weighted by Gasteiger charge is 2.42. The third kappa shape index (κ3) is 9.05. The van der Waals surface area contributed by atoms with Gasteiger partial charge in [0.15, 0.2) is 0 Å². The van der Waals surface area contributed by atoms with Gasteiger partial charge in [-0.1, -0.05) is 0 Å². The van der Waals surface area contributed by atoms with E-state index in [4.69, 9.17) is 36.4 Å². The van der Waals surface area contributed by atoms with Gasteiger partial charge in [0.05, 0.1) is 13.7 Å². The minimum absolute atomic E-state index is 0.189. The molecule has 0 amide bonds. The first-order valence-corrected chi connectivity index (χ1v) is 11.3. The van der Waals surface area contributed by atoms with Gasteiger partial charge in [-0.2, -0.15) is 8.62 Å². The van der Waals surface area contributed by atoms with Crippen molar-refractivity contribution < 1.29 is 60.6 Å². The topological polar surface area (TPSA) is 188 Å². The molecule has 0 radical (unpaired) electrons. The van der Waals surface area contributed by atoms with Gasteiger partial charge in [-0.05, 0) is 0 Å². The highest BCUT2D eigenvalue weighted by Crippen LogP contribution is 2.66. The fourth-order valence-corrected chi connectivity index (χ4v) is 4.99. The van der Waals surface area contributed by atoms with Gasteiger partial charge in [0.1, 0.15) is 20.1 Å². The predicted octanol–water partition coefficient (Wildman–Crippen LogP) is -0.606. The first-order valence-electron chi connectivity index (χ1n) is 6.41. The lowest BCUT2D eigenvalue weighted by atomic mass is 9.96. The van der Waals surface area contributed by atoms with Gasteiger partial charge < -0.3 is 33.8 Å². The van der Waals surface area contributed by atoms with Crippen LogP contribution < -0.4 is 0 Å². The lowest BCUT2D eigenvalue weighted by Crippen LogP contribution is -2.31. The minimum atomic E-state index is -5.57. The summed E-state index contributed by atoms with van der Waals surface area (Å²) in [5.74, 6) is 0. The molecule has 1 rings (SSSR count). The number of hydrogen-bond donors (Lipinski definition) is 4. The van der Waals surface area contributed by atoms with Crippen LogP contribution in [0.4, 0.5) is 0 Å². The highest BCUT2D eigenvalue weighted by molar-refractivity contribution is 7.79. The summed E-state index contributed by atoms with van der Waals surface area (Å²) in [6.45, 7) is -0.620. The second-order valence-corrected chi connectivity index (χ2v) is 9.47. The Balaban J connectivity index is 2.64. The number of phosphoric acid groups is 3. The molecule has 1 aliphatic rings. The van der Waals surface area contributed by atoms with Crippen LogP contribution in [-0.4, -0.2) is 64.6 Å². The van der Waals surface area contributed by atoms with Crippen LogP contribution in [0.25, 0.3) is 0 Å². The van der Waals surface area contributed by atoms with E-state index in [1.165, 1.54) is 7.11 Å². The SMILES string of the molecule is BC1CC(OC(=S)OC)C(COP(=O)(O)OP(=O)(O)OP(=O)(O)O)O1. The Labute approximate surface area is 148 Å². The molecular formula is C7H16BO13P3S. The van der Waals surface area contributed by atoms with Gasteiger partial charge in [0.2, 0.25) is 0 Å². The van der Waals surface area contributed by atoms with Crippen LogP contribution in [0.3, 0.4) is 0 Å². The fraction of sp³-hybridized carbons (Fsp3) is 0.857. The highest BCUT2D eigenvalue weighted by atomic mass is 32.1. The van der Waals surface area contributed by atoms with Crippen LogP contribution in [0, 0.1) is 0 Å². The van der Waals surface area contributed by atoms with Crippen molar-refractivity contribution in [2.45, 2.75) is 24.6 Å². The summed E-state index contributed by atoms with van der Waals surface area (Å²) in [4.78, 5) is 35.3. The van der Waals surface area contributed by atoms with Crippen molar-refractivity contribution in [2.24, 2.45) is 0 Å². The first-order chi connectivity index (χ1) is 11.2. The second-order valence-electron chi connectivity index (χ2n) is 4.72. The first kappa shape index (κ1) is 23.2. The maximum absolute atomic E-state index is 11.6. The largest absolute Gasteiger partial charge is 0.490 e. The number of ether oxygens (including phenoxy) is 3. The summed E-state index contributed by atoms with van der Waals surface area (Å²) >= 11 is 4.73. The lowest BCUT2D eigenvalue weighted by Gasteiger charge is -2.21. The average Bonchev–Trinajstić information content (AvgIpc) is 2.72. The smallest absolute Gasteiger partial charge is 0.460 e. The summed E-state index contributed by atoms with van der Waals surface area (Å²) in [5, 5.41) is -0.189. The van der Waals surface area contributed by atoms with Gasteiger partial charge in [-0.25, -0.2) is 13.7 Å². The third-order valence-electron chi connectivity index (χ3n) is 2.62. The molecule has 13 nitrogen and oxygen atoms in total. The van der Waals surface area contributed by atoms with Crippen molar-refractivity contribution in [3.8, 4) is 0 Å². The lowest BCUT2D eigenvalue weighted by molar-refractivity contribution is -0.00653. The Hall–Kier alpha value is 0.125. The van der Waals surface area contributed by atoms with Crippen molar-refractivity contribution in [1.82, 2.24) is 0 Å². The van der Waals surface area contributed by atoms with E-state index in [0.717, 1.165) is 0 Å². The van der Waals surface area contributed by atoms with Gasteiger partial charge >= 0.3 is 28.7 Å². The Morgan fingerprint density at radius 1 is 1.20 bits per heavy atom. The van der Waals surface area contributed by atoms with E-state index in [0.29, 0.717) is 6.42 Å². The van der Waals surface area contributed by atoms with Crippen molar-refractivity contribution in [2.75, 3.05) is 13.7 Å².